The number of alkyl halides is 2. The number of carbonyl (C=O) groups is 3. The molecule has 0 bridgehead atoms. The Morgan fingerprint density at radius 3 is 2.56 bits per heavy atom. The van der Waals surface area contributed by atoms with E-state index in [4.69, 9.17) is 4.74 Å². The number of thiol groups is 1. The summed E-state index contributed by atoms with van der Waals surface area (Å²) in [6.07, 6.45) is 0.453. The summed E-state index contributed by atoms with van der Waals surface area (Å²) in [4.78, 5) is 38.9. The fourth-order valence-electron chi connectivity index (χ4n) is 8.01. The number of ketones is 1. The molecular formula is C27H30F2O5S2. The Morgan fingerprint density at radius 1 is 1.25 bits per heavy atom. The van der Waals surface area contributed by atoms with Crippen LogP contribution in [0.4, 0.5) is 8.78 Å². The minimum atomic E-state index is -2.27. The largest absolute Gasteiger partial charge is 0.445 e. The van der Waals surface area contributed by atoms with E-state index in [2.05, 4.69) is 12.6 Å². The Hall–Kier alpha value is -1.84. The molecule has 4 aliphatic rings. The molecule has 36 heavy (non-hydrogen) atoms. The van der Waals surface area contributed by atoms with E-state index in [0.717, 1.165) is 6.08 Å². The zero-order valence-electron chi connectivity index (χ0n) is 20.6. The molecule has 1 heterocycles. The number of hydrogen-bond donors (Lipinski definition) is 2. The predicted octanol–water partition coefficient (Wildman–Crippen LogP) is 4.97. The number of allylic oxidation sites excluding steroid dienone is 4. The van der Waals surface area contributed by atoms with Crippen molar-refractivity contribution in [3.63, 3.8) is 0 Å². The lowest BCUT2D eigenvalue weighted by molar-refractivity contribution is -0.221. The number of halogens is 2. The first-order valence-corrected chi connectivity index (χ1v) is 13.5. The number of aliphatic hydroxyl groups excluding tert-OH is 1. The molecule has 9 heteroatoms. The summed E-state index contributed by atoms with van der Waals surface area (Å²) in [6, 6.07) is 1.78. The van der Waals surface area contributed by atoms with Crippen molar-refractivity contribution < 1.29 is 33.0 Å². The summed E-state index contributed by atoms with van der Waals surface area (Å²) in [6.45, 7) is 6.79. The van der Waals surface area contributed by atoms with Crippen molar-refractivity contribution in [1.29, 1.82) is 0 Å². The van der Waals surface area contributed by atoms with Crippen LogP contribution in [-0.4, -0.2) is 45.5 Å². The van der Waals surface area contributed by atoms with Crippen molar-refractivity contribution in [2.75, 3.05) is 0 Å². The number of rotatable bonds is 3. The Balaban J connectivity index is 1.62. The van der Waals surface area contributed by atoms with E-state index in [0.29, 0.717) is 16.9 Å². The molecule has 0 aromatic carbocycles. The molecule has 194 valence electrons. The van der Waals surface area contributed by atoms with Crippen LogP contribution < -0.4 is 0 Å². The van der Waals surface area contributed by atoms with E-state index in [1.165, 1.54) is 30.4 Å². The number of thiophene rings is 1. The predicted molar refractivity (Wildman–Crippen MR) is 134 cm³/mol. The molecule has 3 fully saturated rings. The molecule has 0 amide bonds. The van der Waals surface area contributed by atoms with Crippen LogP contribution in [0.3, 0.4) is 0 Å². The number of ether oxygens (including phenoxy) is 1. The third kappa shape index (κ3) is 2.99. The first-order valence-electron chi connectivity index (χ1n) is 12.2. The lowest BCUT2D eigenvalue weighted by Gasteiger charge is -2.63. The molecule has 5 nitrogen and oxygen atoms in total. The Bertz CT molecular complexity index is 1220. The Morgan fingerprint density at radius 2 is 1.94 bits per heavy atom. The average Bonchev–Trinajstić information content (AvgIpc) is 3.32. The number of aliphatic hydroxyl groups is 1. The van der Waals surface area contributed by atoms with Gasteiger partial charge in [0.1, 0.15) is 11.0 Å². The standard InChI is InChI=1S/C27H30F2O5S2/c1-13-6-8-36-21(13)22(32)34-27(23(33)35)14(2)9-16-17-11-19(28)18-10-15(30)5-7-24(18,3)26(17,29)20(31)12-25(16,27)4/h5-8,10,14,16-17,19-20,31H,9,11-12H2,1-4H3,(H,33,35)/t14-,16+,17+,19+,20+,24+,25+,26+,27+/m1/s1. The van der Waals surface area contributed by atoms with Gasteiger partial charge in [0.15, 0.2) is 17.1 Å². The van der Waals surface area contributed by atoms with Gasteiger partial charge in [-0.2, -0.15) is 0 Å². The summed E-state index contributed by atoms with van der Waals surface area (Å²) in [7, 11) is 0. The minimum absolute atomic E-state index is 0.0404. The van der Waals surface area contributed by atoms with E-state index < -0.39 is 69.0 Å². The Kier molecular flexibility index (Phi) is 5.79. The van der Waals surface area contributed by atoms with Crippen LogP contribution in [-0.2, 0) is 14.3 Å². The highest BCUT2D eigenvalue weighted by atomic mass is 32.1. The zero-order chi connectivity index (χ0) is 26.4. The van der Waals surface area contributed by atoms with Gasteiger partial charge < -0.3 is 9.84 Å². The molecule has 4 aliphatic carbocycles. The van der Waals surface area contributed by atoms with E-state index in [-0.39, 0.29) is 18.4 Å². The molecular weight excluding hydrogens is 506 g/mol. The quantitative estimate of drug-likeness (QED) is 0.421. The molecule has 0 saturated heterocycles. The van der Waals surface area contributed by atoms with Crippen LogP contribution in [0, 0.1) is 35.5 Å². The fourth-order valence-corrected chi connectivity index (χ4v) is 9.34. The van der Waals surface area contributed by atoms with Gasteiger partial charge in [-0.1, -0.05) is 19.9 Å². The second-order valence-electron chi connectivity index (χ2n) is 11.4. The molecule has 0 aliphatic heterocycles. The van der Waals surface area contributed by atoms with Crippen molar-refractivity contribution in [3.05, 3.63) is 45.7 Å². The summed E-state index contributed by atoms with van der Waals surface area (Å²) in [5, 5.41) is 12.6. The van der Waals surface area contributed by atoms with Gasteiger partial charge in [-0.05, 0) is 73.8 Å². The molecule has 0 unspecified atom stereocenters. The third-order valence-corrected chi connectivity index (χ3v) is 11.1. The molecule has 1 N–H and O–H groups in total. The maximum atomic E-state index is 17.3. The van der Waals surface area contributed by atoms with Crippen molar-refractivity contribution >= 4 is 40.8 Å². The van der Waals surface area contributed by atoms with Crippen LogP contribution in [0.2, 0.25) is 0 Å². The van der Waals surface area contributed by atoms with Gasteiger partial charge in [0, 0.05) is 22.7 Å². The number of hydrogen-bond acceptors (Lipinski definition) is 6. The lowest BCUT2D eigenvalue weighted by atomic mass is 9.44. The molecule has 3 saturated carbocycles. The SMILES string of the molecule is Cc1ccsc1C(=O)O[C@]1(C(=O)S)[C@H](C)C[C@H]2[C@@H]3C[C@H](F)C4=CC(=O)C=C[C@]4(C)[C@@]3(F)[C@@H](O)C[C@@]21C. The summed E-state index contributed by atoms with van der Waals surface area (Å²) in [5.41, 5.74) is -5.95. The monoisotopic (exact) mass is 536 g/mol. The average molecular weight is 537 g/mol. The topological polar surface area (TPSA) is 80.7 Å². The fraction of sp³-hybridized carbons (Fsp3) is 0.593. The van der Waals surface area contributed by atoms with Gasteiger partial charge in [0.25, 0.3) is 0 Å². The van der Waals surface area contributed by atoms with E-state index in [1.54, 1.807) is 32.2 Å². The second kappa shape index (κ2) is 8.08. The second-order valence-corrected chi connectivity index (χ2v) is 12.7. The number of aryl methyl sites for hydroxylation is 1. The normalized spacial score (nSPS) is 45.4. The molecule has 5 rings (SSSR count). The first-order chi connectivity index (χ1) is 16.7. The zero-order valence-corrected chi connectivity index (χ0v) is 22.3. The van der Waals surface area contributed by atoms with E-state index in [9.17, 15) is 19.5 Å². The van der Waals surface area contributed by atoms with Gasteiger partial charge in [0.05, 0.1) is 6.10 Å². The number of fused-ring (bicyclic) bond motifs is 5. The molecule has 0 spiro atoms. The maximum Gasteiger partial charge on any atom is 0.349 e. The van der Waals surface area contributed by atoms with E-state index >= 15 is 8.78 Å². The molecule has 1 aromatic rings. The lowest BCUT2D eigenvalue weighted by Crippen LogP contribution is -2.70. The molecule has 0 radical (unpaired) electrons. The number of carbonyl (C=O) groups excluding carboxylic acids is 3. The first kappa shape index (κ1) is 25.8. The van der Waals surface area contributed by atoms with Crippen LogP contribution in [0.25, 0.3) is 0 Å². The molecule has 1 aromatic heterocycles. The summed E-state index contributed by atoms with van der Waals surface area (Å²) < 4.78 is 39.0. The van der Waals surface area contributed by atoms with Crippen LogP contribution >= 0.6 is 24.0 Å². The molecule has 9 atom stereocenters. The minimum Gasteiger partial charge on any atom is -0.445 e. The van der Waals surface area contributed by atoms with E-state index in [1.807, 2.05) is 0 Å². The van der Waals surface area contributed by atoms with Gasteiger partial charge in [-0.25, -0.2) is 13.6 Å². The highest BCUT2D eigenvalue weighted by Gasteiger charge is 2.78. The Labute approximate surface area is 218 Å². The van der Waals surface area contributed by atoms with Gasteiger partial charge in [-0.15, -0.1) is 24.0 Å². The smallest absolute Gasteiger partial charge is 0.349 e. The van der Waals surface area contributed by atoms with Gasteiger partial charge in [0.2, 0.25) is 5.12 Å². The van der Waals surface area contributed by atoms with Crippen LogP contribution in [0.1, 0.15) is 55.3 Å². The van der Waals surface area contributed by atoms with Gasteiger partial charge in [-0.3, -0.25) is 9.59 Å². The van der Waals surface area contributed by atoms with Crippen LogP contribution in [0.5, 0.6) is 0 Å². The summed E-state index contributed by atoms with van der Waals surface area (Å²) in [5.74, 6) is -3.16. The highest BCUT2D eigenvalue weighted by Crippen LogP contribution is 2.71. The van der Waals surface area contributed by atoms with Gasteiger partial charge >= 0.3 is 5.97 Å². The summed E-state index contributed by atoms with van der Waals surface area (Å²) >= 11 is 5.37. The van der Waals surface area contributed by atoms with Crippen molar-refractivity contribution in [1.82, 2.24) is 0 Å². The van der Waals surface area contributed by atoms with Crippen molar-refractivity contribution in [2.45, 2.75) is 70.5 Å². The third-order valence-electron chi connectivity index (χ3n) is 9.79. The highest BCUT2D eigenvalue weighted by molar-refractivity contribution is 7.96. The maximum absolute atomic E-state index is 17.3. The van der Waals surface area contributed by atoms with Crippen LogP contribution in [0.15, 0.2) is 35.2 Å². The number of esters is 1. The van der Waals surface area contributed by atoms with Crippen molar-refractivity contribution in [2.24, 2.45) is 28.6 Å². The van der Waals surface area contributed by atoms with Crippen molar-refractivity contribution in [3.8, 4) is 0 Å².